The summed E-state index contributed by atoms with van der Waals surface area (Å²) in [5.41, 5.74) is 5.45. The summed E-state index contributed by atoms with van der Waals surface area (Å²) in [5.74, 6) is -0.654. The summed E-state index contributed by atoms with van der Waals surface area (Å²) in [4.78, 5) is -0.595. The summed E-state index contributed by atoms with van der Waals surface area (Å²) in [6.45, 7) is 0. The Bertz CT molecular complexity index is 826. The van der Waals surface area contributed by atoms with Crippen molar-refractivity contribution in [3.05, 3.63) is 24.3 Å². The SMILES string of the molecule is Nc1cc(S(=O)(=O)[O-])cc2cc(OS(=O)[O-])cc(O)c12.[Na+].[Na+]. The molecular formula is C10H7NNa2O7S2. The molecule has 1 unspecified atom stereocenters. The summed E-state index contributed by atoms with van der Waals surface area (Å²) in [7, 11) is -4.74. The number of fused-ring (bicyclic) bond motifs is 1. The van der Waals surface area contributed by atoms with Crippen molar-refractivity contribution >= 4 is 37.9 Å². The molecule has 2 aromatic rings. The topological polar surface area (TPSA) is 153 Å². The molecule has 0 fully saturated rings. The van der Waals surface area contributed by atoms with Crippen LogP contribution in [0.2, 0.25) is 0 Å². The first-order valence-electron chi connectivity index (χ1n) is 4.98. The summed E-state index contributed by atoms with van der Waals surface area (Å²) in [6, 6.07) is 4.01. The zero-order valence-electron chi connectivity index (χ0n) is 11.6. The quantitative estimate of drug-likeness (QED) is 0.237. The molecule has 0 amide bonds. The van der Waals surface area contributed by atoms with Gasteiger partial charge in [-0.2, -0.15) is 0 Å². The summed E-state index contributed by atoms with van der Waals surface area (Å²) < 4.78 is 58.1. The fourth-order valence-corrected chi connectivity index (χ4v) is 2.54. The van der Waals surface area contributed by atoms with Crippen molar-refractivity contribution in [2.24, 2.45) is 0 Å². The van der Waals surface area contributed by atoms with Crippen LogP contribution in [0.15, 0.2) is 29.2 Å². The van der Waals surface area contributed by atoms with Crippen LogP contribution in [-0.2, 0) is 21.5 Å². The fourth-order valence-electron chi connectivity index (χ4n) is 1.74. The van der Waals surface area contributed by atoms with Crippen LogP contribution in [0.3, 0.4) is 0 Å². The monoisotopic (exact) mass is 363 g/mol. The van der Waals surface area contributed by atoms with Gasteiger partial charge in [0.1, 0.15) is 33.0 Å². The molecular weight excluding hydrogens is 356 g/mol. The number of anilines is 1. The average molecular weight is 363 g/mol. The van der Waals surface area contributed by atoms with Crippen molar-refractivity contribution < 1.29 is 90.1 Å². The number of aromatic hydroxyl groups is 1. The Morgan fingerprint density at radius 2 is 1.77 bits per heavy atom. The molecule has 108 valence electrons. The van der Waals surface area contributed by atoms with Gasteiger partial charge in [-0.15, -0.1) is 0 Å². The third-order valence-electron chi connectivity index (χ3n) is 2.46. The molecule has 2 aromatic carbocycles. The van der Waals surface area contributed by atoms with Gasteiger partial charge < -0.3 is 24.1 Å². The molecule has 8 nitrogen and oxygen atoms in total. The maximum atomic E-state index is 11.0. The maximum absolute atomic E-state index is 11.0. The van der Waals surface area contributed by atoms with E-state index in [4.69, 9.17) is 5.73 Å². The van der Waals surface area contributed by atoms with Gasteiger partial charge in [0.05, 0.1) is 4.90 Å². The normalized spacial score (nSPS) is 12.1. The number of rotatable bonds is 3. The summed E-state index contributed by atoms with van der Waals surface area (Å²) >= 11 is -2.87. The molecule has 0 aliphatic carbocycles. The Labute approximate surface area is 172 Å². The van der Waals surface area contributed by atoms with E-state index in [0.29, 0.717) is 0 Å². The van der Waals surface area contributed by atoms with Crippen molar-refractivity contribution in [3.8, 4) is 11.5 Å². The van der Waals surface area contributed by atoms with Crippen LogP contribution >= 0.6 is 0 Å². The van der Waals surface area contributed by atoms with Gasteiger partial charge in [-0.3, -0.25) is 0 Å². The summed E-state index contributed by atoms with van der Waals surface area (Å²) in [5, 5.41) is 9.89. The average Bonchev–Trinajstić information content (AvgIpc) is 2.25. The first-order valence-corrected chi connectivity index (χ1v) is 7.39. The van der Waals surface area contributed by atoms with Gasteiger partial charge in [-0.1, -0.05) is 0 Å². The van der Waals surface area contributed by atoms with Crippen LogP contribution in [-0.4, -0.2) is 26.8 Å². The van der Waals surface area contributed by atoms with E-state index >= 15 is 0 Å². The van der Waals surface area contributed by atoms with Crippen LogP contribution in [0, 0.1) is 0 Å². The van der Waals surface area contributed by atoms with E-state index in [-0.39, 0.29) is 81.3 Å². The van der Waals surface area contributed by atoms with Gasteiger partial charge in [0.25, 0.3) is 0 Å². The van der Waals surface area contributed by atoms with Gasteiger partial charge in [0.2, 0.25) is 0 Å². The van der Waals surface area contributed by atoms with Crippen molar-refractivity contribution in [1.29, 1.82) is 0 Å². The van der Waals surface area contributed by atoms with Crippen LogP contribution in [0.5, 0.6) is 11.5 Å². The third-order valence-corrected chi connectivity index (χ3v) is 3.60. The zero-order valence-corrected chi connectivity index (χ0v) is 17.2. The molecule has 22 heavy (non-hydrogen) atoms. The molecule has 0 aliphatic rings. The molecule has 0 aromatic heterocycles. The Morgan fingerprint density at radius 1 is 1.18 bits per heavy atom. The number of hydrogen-bond donors (Lipinski definition) is 2. The van der Waals surface area contributed by atoms with E-state index in [1.807, 2.05) is 0 Å². The number of phenols is 1. The molecule has 1 atom stereocenters. The fraction of sp³-hybridized carbons (Fsp3) is 0. The predicted octanol–water partition coefficient (Wildman–Crippen LogP) is -5.79. The van der Waals surface area contributed by atoms with Crippen molar-refractivity contribution in [2.45, 2.75) is 4.90 Å². The van der Waals surface area contributed by atoms with Crippen LogP contribution in [0.25, 0.3) is 10.8 Å². The van der Waals surface area contributed by atoms with E-state index in [2.05, 4.69) is 4.18 Å². The summed E-state index contributed by atoms with van der Waals surface area (Å²) in [6.07, 6.45) is 0. The smallest absolute Gasteiger partial charge is 0.744 e. The zero-order chi connectivity index (χ0) is 15.1. The number of benzene rings is 2. The van der Waals surface area contributed by atoms with E-state index in [1.165, 1.54) is 0 Å². The van der Waals surface area contributed by atoms with Gasteiger partial charge in [-0.05, 0) is 23.6 Å². The van der Waals surface area contributed by atoms with Gasteiger partial charge in [-0.25, -0.2) is 12.6 Å². The molecule has 0 bridgehead atoms. The molecule has 2 rings (SSSR count). The molecule has 0 saturated heterocycles. The third kappa shape index (κ3) is 5.06. The van der Waals surface area contributed by atoms with Gasteiger partial charge >= 0.3 is 59.1 Å². The van der Waals surface area contributed by atoms with Crippen LogP contribution in [0.1, 0.15) is 0 Å². The second kappa shape index (κ2) is 8.29. The minimum atomic E-state index is -4.74. The Kier molecular flexibility index (Phi) is 8.33. The Hall–Kier alpha value is 0.120. The Balaban J connectivity index is 0.00000220. The number of hydrogen-bond acceptors (Lipinski definition) is 8. The van der Waals surface area contributed by atoms with Crippen LogP contribution < -0.4 is 69.0 Å². The van der Waals surface area contributed by atoms with Crippen molar-refractivity contribution in [3.63, 3.8) is 0 Å². The molecule has 3 N–H and O–H groups in total. The number of nitrogen functional groups attached to an aromatic ring is 1. The second-order valence-electron chi connectivity index (χ2n) is 3.79. The van der Waals surface area contributed by atoms with E-state index in [9.17, 15) is 26.8 Å². The second-order valence-corrected chi connectivity index (χ2v) is 5.75. The molecule has 0 aliphatic heterocycles. The van der Waals surface area contributed by atoms with Gasteiger partial charge in [0.15, 0.2) is 0 Å². The first-order chi connectivity index (χ1) is 9.18. The van der Waals surface area contributed by atoms with Crippen molar-refractivity contribution in [1.82, 2.24) is 0 Å². The predicted molar refractivity (Wildman–Crippen MR) is 67.5 cm³/mol. The molecule has 0 saturated carbocycles. The van der Waals surface area contributed by atoms with E-state index < -0.39 is 32.1 Å². The van der Waals surface area contributed by atoms with E-state index in [0.717, 1.165) is 24.3 Å². The maximum Gasteiger partial charge on any atom is 1.00 e. The minimum Gasteiger partial charge on any atom is -0.744 e. The standard InChI is InChI=1S/C10H9NO7S2.2Na/c11-8-4-7(20(15,16)17)2-5-1-6(18-19(13)14)3-9(12)10(5)8;;/h1-4,12H,11H2,(H,13,14)(H,15,16,17);;/q;2*+1/p-2. The Morgan fingerprint density at radius 3 is 2.27 bits per heavy atom. The van der Waals surface area contributed by atoms with Crippen molar-refractivity contribution in [2.75, 3.05) is 5.73 Å². The largest absolute Gasteiger partial charge is 1.00 e. The number of phenolic OH excluding ortho intramolecular Hbond substituents is 1. The minimum absolute atomic E-state index is 0. The molecule has 0 radical (unpaired) electrons. The molecule has 12 heteroatoms. The molecule has 0 heterocycles. The van der Waals surface area contributed by atoms with Crippen LogP contribution in [0.4, 0.5) is 5.69 Å². The molecule has 0 spiro atoms. The first kappa shape index (κ1) is 22.1. The van der Waals surface area contributed by atoms with Gasteiger partial charge in [0, 0.05) is 17.1 Å². The number of nitrogens with two attached hydrogens (primary N) is 1. The van der Waals surface area contributed by atoms with E-state index in [1.54, 1.807) is 0 Å².